The average molecular weight is 436 g/mol. The van der Waals surface area contributed by atoms with Gasteiger partial charge in [-0.3, -0.25) is 24.1 Å². The smallest absolute Gasteiger partial charge is 0.278 e. The number of carbonyl (C=O) groups is 4. The summed E-state index contributed by atoms with van der Waals surface area (Å²) < 4.78 is 5.03. The first kappa shape index (κ1) is 22.7. The van der Waals surface area contributed by atoms with Gasteiger partial charge in [-0.1, -0.05) is 12.1 Å². The third-order valence-corrected chi connectivity index (χ3v) is 4.66. The molecule has 0 spiro atoms. The number of anilines is 3. The van der Waals surface area contributed by atoms with E-state index in [4.69, 9.17) is 4.74 Å². The van der Waals surface area contributed by atoms with Crippen LogP contribution in [-0.2, 0) is 23.9 Å². The molecule has 1 aliphatic heterocycles. The number of amides is 4. The van der Waals surface area contributed by atoms with Crippen molar-refractivity contribution in [2.75, 3.05) is 36.2 Å². The monoisotopic (exact) mass is 436 g/mol. The lowest BCUT2D eigenvalue weighted by atomic mass is 10.0. The number of imide groups is 1. The summed E-state index contributed by atoms with van der Waals surface area (Å²) in [6.45, 7) is 3.15. The largest absolute Gasteiger partial charge is 0.383 e. The number of carbonyl (C=O) groups excluding carboxylic acids is 4. The Labute approximate surface area is 185 Å². The fourth-order valence-electron chi connectivity index (χ4n) is 3.25. The van der Waals surface area contributed by atoms with Crippen LogP contribution in [0.4, 0.5) is 17.1 Å². The van der Waals surface area contributed by atoms with Crippen molar-refractivity contribution in [3.05, 3.63) is 59.8 Å². The van der Waals surface area contributed by atoms with E-state index in [1.165, 1.54) is 21.0 Å². The summed E-state index contributed by atoms with van der Waals surface area (Å²) >= 11 is 0. The molecule has 0 aliphatic carbocycles. The Morgan fingerprint density at radius 1 is 0.812 bits per heavy atom. The first-order valence-corrected chi connectivity index (χ1v) is 9.92. The molecule has 166 valence electrons. The molecule has 0 saturated heterocycles. The normalized spacial score (nSPS) is 13.4. The predicted octanol–water partition coefficient (Wildman–Crippen LogP) is 2.44. The first-order valence-electron chi connectivity index (χ1n) is 9.92. The van der Waals surface area contributed by atoms with E-state index >= 15 is 0 Å². The standard InChI is InChI=1S/C23H24N4O5/c1-14(28)24-17-6-4-16(5-7-17)20-21(23(31)27(22(20)30)12-13-32-3)26-19-10-8-18(9-11-19)25-15(2)29/h4-11,26H,12-13H2,1-3H3,(H,24,28)(H,25,29). The second kappa shape index (κ2) is 9.88. The van der Waals surface area contributed by atoms with Crippen molar-refractivity contribution >= 4 is 46.3 Å². The van der Waals surface area contributed by atoms with Crippen molar-refractivity contribution in [1.82, 2.24) is 4.90 Å². The lowest BCUT2D eigenvalue weighted by molar-refractivity contribution is -0.137. The molecule has 0 bridgehead atoms. The highest BCUT2D eigenvalue weighted by molar-refractivity contribution is 6.36. The zero-order chi connectivity index (χ0) is 23.3. The maximum Gasteiger partial charge on any atom is 0.278 e. The van der Waals surface area contributed by atoms with Crippen LogP contribution in [0.5, 0.6) is 0 Å². The predicted molar refractivity (Wildman–Crippen MR) is 121 cm³/mol. The number of hydrogen-bond donors (Lipinski definition) is 3. The van der Waals surface area contributed by atoms with E-state index < -0.39 is 11.8 Å². The van der Waals surface area contributed by atoms with Gasteiger partial charge in [-0.05, 0) is 42.0 Å². The third kappa shape index (κ3) is 5.19. The third-order valence-electron chi connectivity index (χ3n) is 4.66. The molecule has 1 heterocycles. The van der Waals surface area contributed by atoms with Gasteiger partial charge in [-0.2, -0.15) is 0 Å². The van der Waals surface area contributed by atoms with Gasteiger partial charge in [0.25, 0.3) is 11.8 Å². The van der Waals surface area contributed by atoms with Crippen LogP contribution in [0.2, 0.25) is 0 Å². The molecule has 0 fully saturated rings. The van der Waals surface area contributed by atoms with E-state index in [2.05, 4.69) is 16.0 Å². The lowest BCUT2D eigenvalue weighted by Crippen LogP contribution is -2.35. The van der Waals surface area contributed by atoms with Crippen molar-refractivity contribution in [1.29, 1.82) is 0 Å². The number of benzene rings is 2. The summed E-state index contributed by atoms with van der Waals surface area (Å²) in [5.74, 6) is -1.29. The summed E-state index contributed by atoms with van der Waals surface area (Å²) in [6.07, 6.45) is 0. The molecule has 3 rings (SSSR count). The van der Waals surface area contributed by atoms with Crippen LogP contribution in [0.1, 0.15) is 19.4 Å². The Bertz CT molecular complexity index is 1070. The van der Waals surface area contributed by atoms with Crippen molar-refractivity contribution in [3.63, 3.8) is 0 Å². The van der Waals surface area contributed by atoms with Crippen LogP contribution in [-0.4, -0.2) is 48.8 Å². The minimum absolute atomic E-state index is 0.119. The van der Waals surface area contributed by atoms with E-state index in [-0.39, 0.29) is 36.2 Å². The van der Waals surface area contributed by atoms with Gasteiger partial charge in [0, 0.05) is 38.0 Å². The molecule has 2 aromatic carbocycles. The lowest BCUT2D eigenvalue weighted by Gasteiger charge is -2.14. The van der Waals surface area contributed by atoms with E-state index in [0.29, 0.717) is 22.6 Å². The average Bonchev–Trinajstić information content (AvgIpc) is 2.97. The van der Waals surface area contributed by atoms with Gasteiger partial charge < -0.3 is 20.7 Å². The van der Waals surface area contributed by atoms with Crippen molar-refractivity contribution in [3.8, 4) is 0 Å². The highest BCUT2D eigenvalue weighted by Crippen LogP contribution is 2.31. The van der Waals surface area contributed by atoms with E-state index in [1.807, 2.05) is 0 Å². The topological polar surface area (TPSA) is 117 Å². The molecule has 4 amide bonds. The van der Waals surface area contributed by atoms with Crippen LogP contribution in [0.3, 0.4) is 0 Å². The number of rotatable bonds is 8. The summed E-state index contributed by atoms with van der Waals surface area (Å²) in [5.41, 5.74) is 2.68. The van der Waals surface area contributed by atoms with Gasteiger partial charge in [0.05, 0.1) is 18.7 Å². The number of methoxy groups -OCH3 is 1. The van der Waals surface area contributed by atoms with Crippen molar-refractivity contribution in [2.24, 2.45) is 0 Å². The zero-order valence-corrected chi connectivity index (χ0v) is 18.0. The molecule has 1 aliphatic rings. The molecule has 0 saturated carbocycles. The second-order valence-corrected chi connectivity index (χ2v) is 7.15. The first-order chi connectivity index (χ1) is 15.3. The maximum absolute atomic E-state index is 13.1. The zero-order valence-electron chi connectivity index (χ0n) is 18.0. The van der Waals surface area contributed by atoms with Crippen molar-refractivity contribution < 1.29 is 23.9 Å². The van der Waals surface area contributed by atoms with Gasteiger partial charge in [0.1, 0.15) is 5.70 Å². The molecule has 9 heteroatoms. The van der Waals surface area contributed by atoms with Crippen molar-refractivity contribution in [2.45, 2.75) is 13.8 Å². The fourth-order valence-corrected chi connectivity index (χ4v) is 3.25. The molecule has 9 nitrogen and oxygen atoms in total. The van der Waals surface area contributed by atoms with Gasteiger partial charge in [-0.25, -0.2) is 0 Å². The second-order valence-electron chi connectivity index (χ2n) is 7.15. The summed E-state index contributed by atoms with van der Waals surface area (Å²) in [7, 11) is 1.50. The highest BCUT2D eigenvalue weighted by Gasteiger charge is 2.38. The Kier molecular flexibility index (Phi) is 7.01. The minimum atomic E-state index is -0.459. The number of nitrogens with one attached hydrogen (secondary N) is 3. The number of hydrogen-bond acceptors (Lipinski definition) is 6. The SMILES string of the molecule is COCCN1C(=O)C(Nc2ccc(NC(C)=O)cc2)=C(c2ccc(NC(C)=O)cc2)C1=O. The van der Waals surface area contributed by atoms with Gasteiger partial charge >= 0.3 is 0 Å². The Balaban J connectivity index is 1.95. The summed E-state index contributed by atoms with van der Waals surface area (Å²) in [4.78, 5) is 49.7. The van der Waals surface area contributed by atoms with Gasteiger partial charge in [0.2, 0.25) is 11.8 Å². The Morgan fingerprint density at radius 3 is 1.81 bits per heavy atom. The molecule has 0 unspecified atom stereocenters. The summed E-state index contributed by atoms with van der Waals surface area (Å²) in [6, 6.07) is 13.5. The van der Waals surface area contributed by atoms with Crippen LogP contribution in [0.25, 0.3) is 5.57 Å². The van der Waals surface area contributed by atoms with Crippen LogP contribution < -0.4 is 16.0 Å². The molecular formula is C23H24N4O5. The fraction of sp³-hybridized carbons (Fsp3) is 0.217. The molecular weight excluding hydrogens is 412 g/mol. The Hall–Kier alpha value is -3.98. The van der Waals surface area contributed by atoms with Gasteiger partial charge in [0.15, 0.2) is 0 Å². The quantitative estimate of drug-likeness (QED) is 0.548. The maximum atomic E-state index is 13.1. The van der Waals surface area contributed by atoms with E-state index in [0.717, 1.165) is 4.90 Å². The molecule has 0 aromatic heterocycles. The van der Waals surface area contributed by atoms with Crippen LogP contribution in [0, 0.1) is 0 Å². The molecule has 0 atom stereocenters. The van der Waals surface area contributed by atoms with E-state index in [1.54, 1.807) is 48.5 Å². The number of ether oxygens (including phenoxy) is 1. The summed E-state index contributed by atoms with van der Waals surface area (Å²) in [5, 5.41) is 8.39. The molecule has 3 N–H and O–H groups in total. The molecule has 0 radical (unpaired) electrons. The van der Waals surface area contributed by atoms with Gasteiger partial charge in [-0.15, -0.1) is 0 Å². The molecule has 32 heavy (non-hydrogen) atoms. The van der Waals surface area contributed by atoms with E-state index in [9.17, 15) is 19.2 Å². The molecule has 2 aromatic rings. The van der Waals surface area contributed by atoms with Crippen LogP contribution >= 0.6 is 0 Å². The number of nitrogens with zero attached hydrogens (tertiary/aromatic N) is 1. The minimum Gasteiger partial charge on any atom is -0.383 e. The van der Waals surface area contributed by atoms with Crippen LogP contribution in [0.15, 0.2) is 54.2 Å². The highest BCUT2D eigenvalue weighted by atomic mass is 16.5. The Morgan fingerprint density at radius 2 is 1.31 bits per heavy atom.